The van der Waals surface area contributed by atoms with Crippen LogP contribution >= 0.6 is 23.2 Å². The van der Waals surface area contributed by atoms with Gasteiger partial charge < -0.3 is 15.0 Å². The Balaban J connectivity index is 1.82. The van der Waals surface area contributed by atoms with Crippen molar-refractivity contribution in [1.82, 2.24) is 10.2 Å². The zero-order valence-corrected chi connectivity index (χ0v) is 25.7. The lowest BCUT2D eigenvalue weighted by atomic mass is 10.1. The zero-order valence-electron chi connectivity index (χ0n) is 23.4. The van der Waals surface area contributed by atoms with Crippen molar-refractivity contribution in [3.05, 3.63) is 58.1 Å². The van der Waals surface area contributed by atoms with E-state index in [-0.39, 0.29) is 43.8 Å². The van der Waals surface area contributed by atoms with Crippen LogP contribution in [0, 0.1) is 0 Å². The molecule has 40 heavy (non-hydrogen) atoms. The van der Waals surface area contributed by atoms with Crippen LogP contribution in [0.25, 0.3) is 0 Å². The van der Waals surface area contributed by atoms with E-state index in [2.05, 4.69) is 5.32 Å². The first-order chi connectivity index (χ1) is 19.1. The van der Waals surface area contributed by atoms with Crippen molar-refractivity contribution in [2.24, 2.45) is 0 Å². The van der Waals surface area contributed by atoms with E-state index >= 15 is 0 Å². The molecular weight excluding hydrogens is 573 g/mol. The molecule has 2 aromatic rings. The first kappa shape index (κ1) is 32.0. The maximum Gasteiger partial charge on any atom is 0.243 e. The zero-order chi connectivity index (χ0) is 29.3. The van der Waals surface area contributed by atoms with Crippen LogP contribution in [0.2, 0.25) is 10.0 Å². The molecule has 1 aliphatic carbocycles. The number of rotatable bonds is 14. The van der Waals surface area contributed by atoms with Crippen molar-refractivity contribution in [2.45, 2.75) is 77.4 Å². The van der Waals surface area contributed by atoms with Gasteiger partial charge in [0.05, 0.1) is 18.6 Å². The number of para-hydroxylation sites is 2. The minimum absolute atomic E-state index is 0.0259. The maximum absolute atomic E-state index is 13.7. The summed E-state index contributed by atoms with van der Waals surface area (Å²) in [4.78, 5) is 28.6. The molecule has 1 fully saturated rings. The highest BCUT2D eigenvalue weighted by Crippen LogP contribution is 2.31. The smallest absolute Gasteiger partial charge is 0.243 e. The molecule has 2 amide bonds. The largest absolute Gasteiger partial charge is 0.492 e. The lowest BCUT2D eigenvalue weighted by molar-refractivity contribution is -0.141. The van der Waals surface area contributed by atoms with Crippen molar-refractivity contribution in [3.63, 3.8) is 0 Å². The third-order valence-electron chi connectivity index (χ3n) is 7.06. The predicted octanol–water partition coefficient (Wildman–Crippen LogP) is 5.80. The van der Waals surface area contributed by atoms with E-state index in [1.54, 1.807) is 42.5 Å². The molecule has 220 valence electrons. The molecule has 0 aliphatic heterocycles. The molecule has 0 unspecified atom stereocenters. The SMILES string of the molecule is CCOc1ccccc1N(CCCC(=O)N(Cc1c(Cl)cccc1Cl)[C@@H](CC)C(=O)NC1CCCC1)S(C)(=O)=O. The van der Waals surface area contributed by atoms with Gasteiger partial charge in [0, 0.05) is 41.2 Å². The molecule has 8 nitrogen and oxygen atoms in total. The van der Waals surface area contributed by atoms with Gasteiger partial charge >= 0.3 is 0 Å². The fourth-order valence-electron chi connectivity index (χ4n) is 5.06. The van der Waals surface area contributed by atoms with Gasteiger partial charge in [-0.3, -0.25) is 13.9 Å². The van der Waals surface area contributed by atoms with E-state index in [0.29, 0.717) is 40.1 Å². The number of halogens is 2. The standard InChI is InChI=1S/C29H39Cl2N3O5S/c1-4-25(29(36)32-21-12-6-7-13-21)33(20-22-23(30)14-10-15-24(22)31)28(35)18-11-19-34(40(3,37)38)26-16-8-9-17-27(26)39-5-2/h8-10,14-17,21,25H,4-7,11-13,18-20H2,1-3H3,(H,32,36)/t25-/m0/s1. The number of hydrogen-bond donors (Lipinski definition) is 1. The quantitative estimate of drug-likeness (QED) is 0.291. The van der Waals surface area contributed by atoms with Gasteiger partial charge in [-0.05, 0) is 56.9 Å². The number of carbonyl (C=O) groups is 2. The Morgan fingerprint density at radius 3 is 2.30 bits per heavy atom. The van der Waals surface area contributed by atoms with Gasteiger partial charge in [0.15, 0.2) is 0 Å². The van der Waals surface area contributed by atoms with E-state index in [9.17, 15) is 18.0 Å². The summed E-state index contributed by atoms with van der Waals surface area (Å²) >= 11 is 12.9. The van der Waals surface area contributed by atoms with Crippen molar-refractivity contribution in [1.29, 1.82) is 0 Å². The third kappa shape index (κ3) is 8.51. The monoisotopic (exact) mass is 611 g/mol. The van der Waals surface area contributed by atoms with Crippen LogP contribution in [0.15, 0.2) is 42.5 Å². The number of anilines is 1. The van der Waals surface area contributed by atoms with Gasteiger partial charge in [-0.1, -0.05) is 61.2 Å². The second kappa shape index (κ2) is 14.9. The Morgan fingerprint density at radius 1 is 1.05 bits per heavy atom. The van der Waals surface area contributed by atoms with Crippen molar-refractivity contribution in [3.8, 4) is 5.75 Å². The molecule has 0 aromatic heterocycles. The van der Waals surface area contributed by atoms with Gasteiger partial charge in [0.2, 0.25) is 21.8 Å². The number of ether oxygens (including phenoxy) is 1. The molecule has 0 spiro atoms. The molecule has 0 radical (unpaired) electrons. The fraction of sp³-hybridized carbons (Fsp3) is 0.517. The normalized spacial score (nSPS) is 14.5. The molecule has 2 aromatic carbocycles. The molecular formula is C29H39Cl2N3O5S. The summed E-state index contributed by atoms with van der Waals surface area (Å²) in [5.74, 6) is -0.0309. The highest BCUT2D eigenvalue weighted by molar-refractivity contribution is 7.92. The van der Waals surface area contributed by atoms with E-state index in [4.69, 9.17) is 27.9 Å². The Bertz CT molecular complexity index is 1250. The summed E-state index contributed by atoms with van der Waals surface area (Å²) in [6.07, 6.45) is 5.80. The third-order valence-corrected chi connectivity index (χ3v) is 8.95. The van der Waals surface area contributed by atoms with E-state index in [0.717, 1.165) is 31.9 Å². The van der Waals surface area contributed by atoms with Crippen LogP contribution in [0.3, 0.4) is 0 Å². The summed E-state index contributed by atoms with van der Waals surface area (Å²) in [5.41, 5.74) is 0.982. The first-order valence-electron chi connectivity index (χ1n) is 13.8. The molecule has 1 N–H and O–H groups in total. The van der Waals surface area contributed by atoms with Crippen molar-refractivity contribution < 1.29 is 22.7 Å². The molecule has 1 atom stereocenters. The molecule has 1 aliphatic rings. The van der Waals surface area contributed by atoms with E-state index < -0.39 is 16.1 Å². The number of hydrogen-bond acceptors (Lipinski definition) is 5. The summed E-state index contributed by atoms with van der Waals surface area (Å²) in [7, 11) is -3.66. The number of nitrogens with one attached hydrogen (secondary N) is 1. The van der Waals surface area contributed by atoms with Gasteiger partial charge in [-0.15, -0.1) is 0 Å². The molecule has 0 bridgehead atoms. The second-order valence-electron chi connectivity index (χ2n) is 9.98. The molecule has 11 heteroatoms. The highest BCUT2D eigenvalue weighted by Gasteiger charge is 2.31. The Kier molecular flexibility index (Phi) is 12.0. The summed E-state index contributed by atoms with van der Waals surface area (Å²) < 4.78 is 32.3. The minimum atomic E-state index is -3.66. The number of amides is 2. The van der Waals surface area contributed by atoms with Crippen LogP contribution in [0.1, 0.15) is 64.4 Å². The number of carbonyl (C=O) groups excluding carboxylic acids is 2. The van der Waals surface area contributed by atoms with E-state index in [1.807, 2.05) is 13.8 Å². The minimum Gasteiger partial charge on any atom is -0.492 e. The van der Waals surface area contributed by atoms with Crippen LogP contribution in [-0.2, 0) is 26.2 Å². The van der Waals surface area contributed by atoms with Crippen LogP contribution in [-0.4, -0.2) is 56.6 Å². The van der Waals surface area contributed by atoms with Crippen LogP contribution in [0.4, 0.5) is 5.69 Å². The van der Waals surface area contributed by atoms with Crippen molar-refractivity contribution in [2.75, 3.05) is 23.7 Å². The van der Waals surface area contributed by atoms with Gasteiger partial charge in [-0.2, -0.15) is 0 Å². The maximum atomic E-state index is 13.7. The average Bonchev–Trinajstić information content (AvgIpc) is 3.41. The number of sulfonamides is 1. The number of benzene rings is 2. The number of nitrogens with zero attached hydrogens (tertiary/aromatic N) is 2. The second-order valence-corrected chi connectivity index (χ2v) is 12.7. The van der Waals surface area contributed by atoms with Crippen LogP contribution in [0.5, 0.6) is 5.75 Å². The van der Waals surface area contributed by atoms with Gasteiger partial charge in [-0.25, -0.2) is 8.42 Å². The Labute approximate surface area is 248 Å². The fourth-order valence-corrected chi connectivity index (χ4v) is 6.55. The molecule has 0 saturated heterocycles. The summed E-state index contributed by atoms with van der Waals surface area (Å²) in [6, 6.07) is 11.4. The summed E-state index contributed by atoms with van der Waals surface area (Å²) in [6.45, 7) is 4.21. The highest BCUT2D eigenvalue weighted by atomic mass is 35.5. The Hall–Kier alpha value is -2.49. The van der Waals surface area contributed by atoms with Gasteiger partial charge in [0.1, 0.15) is 11.8 Å². The topological polar surface area (TPSA) is 96.0 Å². The Morgan fingerprint density at radius 2 is 1.70 bits per heavy atom. The lowest BCUT2D eigenvalue weighted by Gasteiger charge is -2.32. The molecule has 1 saturated carbocycles. The predicted molar refractivity (Wildman–Crippen MR) is 161 cm³/mol. The summed E-state index contributed by atoms with van der Waals surface area (Å²) in [5, 5.41) is 3.93. The lowest BCUT2D eigenvalue weighted by Crippen LogP contribution is -2.51. The molecule has 3 rings (SSSR count). The van der Waals surface area contributed by atoms with E-state index in [1.165, 1.54) is 9.21 Å². The van der Waals surface area contributed by atoms with Gasteiger partial charge in [0.25, 0.3) is 0 Å². The van der Waals surface area contributed by atoms with Crippen molar-refractivity contribution >= 4 is 50.7 Å². The molecule has 0 heterocycles. The average molecular weight is 613 g/mol. The first-order valence-corrected chi connectivity index (χ1v) is 16.4. The van der Waals surface area contributed by atoms with Crippen LogP contribution < -0.4 is 14.4 Å².